The van der Waals surface area contributed by atoms with Crippen LogP contribution in [0.3, 0.4) is 0 Å². The molecule has 0 radical (unpaired) electrons. The van der Waals surface area contributed by atoms with Crippen molar-refractivity contribution in [3.05, 3.63) is 100.0 Å². The van der Waals surface area contributed by atoms with Crippen molar-refractivity contribution >= 4 is 17.2 Å². The molecule has 0 atom stereocenters. The van der Waals surface area contributed by atoms with E-state index < -0.39 is 17.6 Å². The molecule has 188 valence electrons. The zero-order valence-electron chi connectivity index (χ0n) is 19.4. The summed E-state index contributed by atoms with van der Waals surface area (Å²) in [6.07, 6.45) is -0.197. The first kappa shape index (κ1) is 24.5. The van der Waals surface area contributed by atoms with Gasteiger partial charge >= 0.3 is 11.9 Å². The molecule has 0 amide bonds. The molecule has 5 rings (SSSR count). The number of nitrogens with zero attached hydrogens (tertiary/aromatic N) is 5. The number of benzene rings is 1. The smallest absolute Gasteiger partial charge is 0.433 e. The van der Waals surface area contributed by atoms with E-state index in [0.717, 1.165) is 23.4 Å². The Hall–Kier alpha value is -4.18. The van der Waals surface area contributed by atoms with Crippen LogP contribution < -0.4 is 10.4 Å². The van der Waals surface area contributed by atoms with E-state index in [1.165, 1.54) is 15.1 Å². The molecule has 0 saturated carbocycles. The molecule has 37 heavy (non-hydrogen) atoms. The highest BCUT2D eigenvalue weighted by molar-refractivity contribution is 6.30. The van der Waals surface area contributed by atoms with E-state index in [4.69, 9.17) is 16.3 Å². The quantitative estimate of drug-likeness (QED) is 0.283. The Labute approximate surface area is 213 Å². The summed E-state index contributed by atoms with van der Waals surface area (Å²) < 4.78 is 46.6. The first-order chi connectivity index (χ1) is 17.7. The second kappa shape index (κ2) is 9.70. The van der Waals surface area contributed by atoms with Gasteiger partial charge in [0.05, 0.1) is 13.2 Å². The summed E-state index contributed by atoms with van der Waals surface area (Å²) in [5.74, 6) is 0.462. The van der Waals surface area contributed by atoms with Gasteiger partial charge < -0.3 is 4.74 Å². The van der Waals surface area contributed by atoms with Gasteiger partial charge in [-0.05, 0) is 53.9 Å². The van der Waals surface area contributed by atoms with Crippen molar-refractivity contribution in [2.75, 3.05) is 6.61 Å². The maximum atomic E-state index is 13.2. The molecule has 0 unspecified atom stereocenters. The van der Waals surface area contributed by atoms with Gasteiger partial charge in [0.15, 0.2) is 5.65 Å². The van der Waals surface area contributed by atoms with Crippen LogP contribution in [0.15, 0.2) is 78.0 Å². The molecule has 4 heterocycles. The van der Waals surface area contributed by atoms with E-state index in [0.29, 0.717) is 39.8 Å². The zero-order chi connectivity index (χ0) is 26.2. The Morgan fingerprint density at radius 2 is 1.70 bits per heavy atom. The van der Waals surface area contributed by atoms with Crippen LogP contribution in [0, 0.1) is 0 Å². The number of ether oxygens (including phenoxy) is 1. The minimum Gasteiger partial charge on any atom is -0.478 e. The predicted octanol–water partition coefficient (Wildman–Crippen LogP) is 5.74. The molecule has 0 fully saturated rings. The topological polar surface area (TPSA) is 74.3 Å². The highest BCUT2D eigenvalue weighted by atomic mass is 35.5. The maximum absolute atomic E-state index is 13.2. The molecular formula is C26H19ClF3N5O2. The highest BCUT2D eigenvalue weighted by Gasteiger charge is 2.32. The second-order valence-corrected chi connectivity index (χ2v) is 8.55. The van der Waals surface area contributed by atoms with E-state index in [2.05, 4.69) is 15.1 Å². The summed E-state index contributed by atoms with van der Waals surface area (Å²) in [5, 5.41) is 5.13. The summed E-state index contributed by atoms with van der Waals surface area (Å²) in [5.41, 5.74) is 2.32. The molecule has 5 aromatic rings. The molecule has 7 nitrogen and oxygen atoms in total. The molecule has 11 heteroatoms. The summed E-state index contributed by atoms with van der Waals surface area (Å²) >= 11 is 6.08. The van der Waals surface area contributed by atoms with Crippen molar-refractivity contribution in [2.45, 2.75) is 19.6 Å². The average molecular weight is 526 g/mol. The fraction of sp³-hybridized carbons (Fsp3) is 0.154. The van der Waals surface area contributed by atoms with Crippen LogP contribution in [0.5, 0.6) is 5.88 Å². The molecule has 0 aliphatic heterocycles. The lowest BCUT2D eigenvalue weighted by atomic mass is 9.97. The fourth-order valence-electron chi connectivity index (χ4n) is 3.96. The van der Waals surface area contributed by atoms with Crippen LogP contribution in [-0.4, -0.2) is 30.8 Å². The van der Waals surface area contributed by atoms with Crippen LogP contribution in [0.4, 0.5) is 13.2 Å². The van der Waals surface area contributed by atoms with Crippen LogP contribution in [0.2, 0.25) is 5.02 Å². The number of aromatic nitrogens is 5. The summed E-state index contributed by atoms with van der Waals surface area (Å²) in [6.45, 7) is 2.28. The van der Waals surface area contributed by atoms with Gasteiger partial charge in [-0.15, -0.1) is 5.10 Å². The number of rotatable bonds is 6. The van der Waals surface area contributed by atoms with Crippen molar-refractivity contribution in [1.82, 2.24) is 24.1 Å². The van der Waals surface area contributed by atoms with Crippen LogP contribution in [0.1, 0.15) is 18.2 Å². The molecule has 1 aromatic carbocycles. The zero-order valence-corrected chi connectivity index (χ0v) is 20.2. The first-order valence-corrected chi connectivity index (χ1v) is 11.6. The summed E-state index contributed by atoms with van der Waals surface area (Å²) in [4.78, 5) is 21.0. The lowest BCUT2D eigenvalue weighted by Gasteiger charge is -2.12. The summed E-state index contributed by atoms with van der Waals surface area (Å²) in [7, 11) is 0. The van der Waals surface area contributed by atoms with Crippen molar-refractivity contribution in [2.24, 2.45) is 0 Å². The highest BCUT2D eigenvalue weighted by Crippen LogP contribution is 2.35. The Morgan fingerprint density at radius 1 is 0.946 bits per heavy atom. The standard InChI is InChI=1S/C26H19ClF3N5O2/c1-2-37-22-10-6-18(14-32-22)23-20(17-4-7-19(27)8-5-17)11-12-34-24(23)33-35(25(34)36)15-16-3-9-21(31-13-16)26(28,29)30/h3-14H,2,15H2,1H3. The Bertz CT molecular complexity index is 1610. The lowest BCUT2D eigenvalue weighted by Crippen LogP contribution is -2.21. The number of pyridine rings is 3. The molecule has 0 bridgehead atoms. The largest absolute Gasteiger partial charge is 0.478 e. The molecule has 0 aliphatic carbocycles. The van der Waals surface area contributed by atoms with Crippen molar-refractivity contribution in [3.8, 4) is 28.1 Å². The number of hydrogen-bond donors (Lipinski definition) is 0. The van der Waals surface area contributed by atoms with Gasteiger partial charge in [0.1, 0.15) is 5.69 Å². The van der Waals surface area contributed by atoms with Gasteiger partial charge in [-0.1, -0.05) is 29.8 Å². The Kier molecular flexibility index (Phi) is 6.43. The third-order valence-corrected chi connectivity index (χ3v) is 5.93. The molecule has 0 spiro atoms. The molecular weight excluding hydrogens is 507 g/mol. The van der Waals surface area contributed by atoms with Gasteiger partial charge in [0.25, 0.3) is 0 Å². The number of halogens is 4. The summed E-state index contributed by atoms with van der Waals surface area (Å²) in [6, 6.07) is 14.8. The van der Waals surface area contributed by atoms with Crippen molar-refractivity contribution < 1.29 is 17.9 Å². The fourth-order valence-corrected chi connectivity index (χ4v) is 4.08. The van der Waals surface area contributed by atoms with E-state index in [9.17, 15) is 18.0 Å². The number of fused-ring (bicyclic) bond motifs is 1. The van der Waals surface area contributed by atoms with Gasteiger partial charge in [-0.25, -0.2) is 18.9 Å². The maximum Gasteiger partial charge on any atom is 0.433 e. The Morgan fingerprint density at radius 3 is 2.32 bits per heavy atom. The van der Waals surface area contributed by atoms with E-state index in [1.807, 2.05) is 25.1 Å². The predicted molar refractivity (Wildman–Crippen MR) is 133 cm³/mol. The van der Waals surface area contributed by atoms with Gasteiger partial charge in [-0.2, -0.15) is 13.2 Å². The van der Waals surface area contributed by atoms with E-state index in [1.54, 1.807) is 36.7 Å². The number of hydrogen-bond acceptors (Lipinski definition) is 5. The molecule has 0 saturated heterocycles. The van der Waals surface area contributed by atoms with Gasteiger partial charge in [-0.3, -0.25) is 4.98 Å². The average Bonchev–Trinajstić information content (AvgIpc) is 3.19. The monoisotopic (exact) mass is 525 g/mol. The Balaban J connectivity index is 1.64. The first-order valence-electron chi connectivity index (χ1n) is 11.2. The van der Waals surface area contributed by atoms with E-state index in [-0.39, 0.29) is 6.54 Å². The van der Waals surface area contributed by atoms with Crippen LogP contribution in [-0.2, 0) is 12.7 Å². The SMILES string of the molecule is CCOc1ccc(-c2c(-c3ccc(Cl)cc3)ccn3c(=O)n(Cc4ccc(C(F)(F)F)nc4)nc23)cn1. The normalized spacial score (nSPS) is 11.7. The second-order valence-electron chi connectivity index (χ2n) is 8.11. The minimum absolute atomic E-state index is 0.0527. The van der Waals surface area contributed by atoms with Crippen molar-refractivity contribution in [1.29, 1.82) is 0 Å². The molecule has 0 aliphatic rings. The number of alkyl halides is 3. The molecule has 0 N–H and O–H groups in total. The third-order valence-electron chi connectivity index (χ3n) is 5.67. The molecule has 4 aromatic heterocycles. The third kappa shape index (κ3) is 4.92. The van der Waals surface area contributed by atoms with Crippen molar-refractivity contribution in [3.63, 3.8) is 0 Å². The van der Waals surface area contributed by atoms with Crippen LogP contribution >= 0.6 is 11.6 Å². The van der Waals surface area contributed by atoms with Gasteiger partial charge in [0.2, 0.25) is 5.88 Å². The van der Waals surface area contributed by atoms with E-state index >= 15 is 0 Å². The van der Waals surface area contributed by atoms with Gasteiger partial charge in [0, 0.05) is 40.8 Å². The minimum atomic E-state index is -4.54. The lowest BCUT2D eigenvalue weighted by molar-refractivity contribution is -0.141. The van der Waals surface area contributed by atoms with Crippen LogP contribution in [0.25, 0.3) is 27.9 Å².